The SMILES string of the molecule is CN=C(NCCCC(=O)NC1CC1)NCC(C)(C)SC.I. The van der Waals surface area contributed by atoms with Crippen LogP contribution in [0.3, 0.4) is 0 Å². The van der Waals surface area contributed by atoms with Gasteiger partial charge in [0.2, 0.25) is 5.91 Å². The summed E-state index contributed by atoms with van der Waals surface area (Å²) in [6.45, 7) is 6.01. The van der Waals surface area contributed by atoms with Crippen LogP contribution in [0.2, 0.25) is 0 Å². The Kier molecular flexibility index (Phi) is 10.4. The van der Waals surface area contributed by atoms with E-state index < -0.39 is 0 Å². The molecule has 0 saturated heterocycles. The van der Waals surface area contributed by atoms with Gasteiger partial charge < -0.3 is 16.0 Å². The lowest BCUT2D eigenvalue weighted by molar-refractivity contribution is -0.121. The number of amides is 1. The third-order valence-electron chi connectivity index (χ3n) is 3.27. The number of rotatable bonds is 8. The highest BCUT2D eigenvalue weighted by Gasteiger charge is 2.22. The van der Waals surface area contributed by atoms with Gasteiger partial charge in [0.25, 0.3) is 0 Å². The summed E-state index contributed by atoms with van der Waals surface area (Å²) in [7, 11) is 1.77. The van der Waals surface area contributed by atoms with Crippen molar-refractivity contribution in [1.82, 2.24) is 16.0 Å². The van der Waals surface area contributed by atoms with E-state index in [-0.39, 0.29) is 34.6 Å². The zero-order valence-corrected chi connectivity index (χ0v) is 16.6. The molecule has 5 nitrogen and oxygen atoms in total. The third kappa shape index (κ3) is 10.2. The first-order valence-electron chi connectivity index (χ1n) is 7.26. The Balaban J connectivity index is 0.00000400. The second-order valence-electron chi connectivity index (χ2n) is 5.76. The van der Waals surface area contributed by atoms with Crippen LogP contribution in [-0.4, -0.2) is 49.0 Å². The Morgan fingerprint density at radius 2 is 2.00 bits per heavy atom. The van der Waals surface area contributed by atoms with Gasteiger partial charge in [0.1, 0.15) is 0 Å². The first kappa shape index (κ1) is 20.8. The lowest BCUT2D eigenvalue weighted by Gasteiger charge is -2.23. The quantitative estimate of drug-likeness (QED) is 0.239. The summed E-state index contributed by atoms with van der Waals surface area (Å²) in [5, 5.41) is 9.54. The molecular weight excluding hydrogens is 399 g/mol. The average Bonchev–Trinajstić information content (AvgIpc) is 3.21. The largest absolute Gasteiger partial charge is 0.356 e. The normalized spacial score (nSPS) is 15.1. The van der Waals surface area contributed by atoms with Crippen molar-refractivity contribution >= 4 is 47.6 Å². The molecule has 124 valence electrons. The van der Waals surface area contributed by atoms with Crippen molar-refractivity contribution < 1.29 is 4.79 Å². The molecule has 1 saturated carbocycles. The predicted octanol–water partition coefficient (Wildman–Crippen LogP) is 1.97. The molecule has 0 unspecified atom stereocenters. The fourth-order valence-electron chi connectivity index (χ4n) is 1.57. The predicted molar refractivity (Wildman–Crippen MR) is 103 cm³/mol. The fourth-order valence-corrected chi connectivity index (χ4v) is 1.79. The second kappa shape index (κ2) is 10.5. The molecule has 1 amide bonds. The molecule has 1 rings (SSSR count). The average molecular weight is 428 g/mol. The monoisotopic (exact) mass is 428 g/mol. The Morgan fingerprint density at radius 3 is 2.52 bits per heavy atom. The van der Waals surface area contributed by atoms with Crippen LogP contribution in [0, 0.1) is 0 Å². The van der Waals surface area contributed by atoms with E-state index >= 15 is 0 Å². The van der Waals surface area contributed by atoms with E-state index in [0.29, 0.717) is 12.5 Å². The molecule has 1 fully saturated rings. The van der Waals surface area contributed by atoms with Gasteiger partial charge in [0.15, 0.2) is 5.96 Å². The van der Waals surface area contributed by atoms with Crippen molar-refractivity contribution in [2.75, 3.05) is 26.4 Å². The van der Waals surface area contributed by atoms with E-state index in [9.17, 15) is 4.79 Å². The molecule has 1 aliphatic carbocycles. The minimum Gasteiger partial charge on any atom is -0.356 e. The number of carbonyl (C=O) groups excluding carboxylic acids is 1. The third-order valence-corrected chi connectivity index (χ3v) is 4.52. The lowest BCUT2D eigenvalue weighted by Crippen LogP contribution is -2.43. The molecule has 0 bridgehead atoms. The Morgan fingerprint density at radius 1 is 1.33 bits per heavy atom. The lowest BCUT2D eigenvalue weighted by atomic mass is 10.2. The van der Waals surface area contributed by atoms with Gasteiger partial charge in [0.05, 0.1) is 0 Å². The molecule has 0 aromatic carbocycles. The summed E-state index contributed by atoms with van der Waals surface area (Å²) < 4.78 is 0.182. The smallest absolute Gasteiger partial charge is 0.220 e. The van der Waals surface area contributed by atoms with Crippen LogP contribution in [0.25, 0.3) is 0 Å². The van der Waals surface area contributed by atoms with Crippen LogP contribution in [0.1, 0.15) is 39.5 Å². The maximum Gasteiger partial charge on any atom is 0.220 e. The number of guanidine groups is 1. The molecule has 0 heterocycles. The van der Waals surface area contributed by atoms with Gasteiger partial charge in [-0.15, -0.1) is 24.0 Å². The minimum absolute atomic E-state index is 0. The maximum atomic E-state index is 11.5. The molecule has 21 heavy (non-hydrogen) atoms. The molecule has 0 atom stereocenters. The Bertz CT molecular complexity index is 346. The number of hydrogen-bond acceptors (Lipinski definition) is 3. The van der Waals surface area contributed by atoms with Gasteiger partial charge in [-0.1, -0.05) is 0 Å². The van der Waals surface area contributed by atoms with Gasteiger partial charge in [-0.2, -0.15) is 11.8 Å². The number of hydrogen-bond donors (Lipinski definition) is 3. The zero-order valence-electron chi connectivity index (χ0n) is 13.5. The summed E-state index contributed by atoms with van der Waals surface area (Å²) in [5.74, 6) is 0.968. The Hall–Kier alpha value is -0.180. The number of nitrogens with zero attached hydrogens (tertiary/aromatic N) is 1. The summed E-state index contributed by atoms with van der Waals surface area (Å²) in [4.78, 5) is 15.7. The molecule has 0 aromatic heterocycles. The van der Waals surface area contributed by atoms with Crippen molar-refractivity contribution in [1.29, 1.82) is 0 Å². The number of aliphatic imine (C=N–C) groups is 1. The molecule has 7 heteroatoms. The molecule has 0 spiro atoms. The van der Waals surface area contributed by atoms with Crippen LogP contribution >= 0.6 is 35.7 Å². The van der Waals surface area contributed by atoms with Gasteiger partial charge >= 0.3 is 0 Å². The highest BCUT2D eigenvalue weighted by atomic mass is 127. The minimum atomic E-state index is 0. The van der Waals surface area contributed by atoms with E-state index in [1.54, 1.807) is 7.05 Å². The van der Waals surface area contributed by atoms with Gasteiger partial charge in [-0.25, -0.2) is 0 Å². The van der Waals surface area contributed by atoms with Crippen LogP contribution in [0.4, 0.5) is 0 Å². The topological polar surface area (TPSA) is 65.5 Å². The van der Waals surface area contributed by atoms with E-state index in [2.05, 4.69) is 41.0 Å². The van der Waals surface area contributed by atoms with Crippen molar-refractivity contribution in [2.24, 2.45) is 4.99 Å². The molecule has 0 radical (unpaired) electrons. The number of nitrogens with one attached hydrogen (secondary N) is 3. The van der Waals surface area contributed by atoms with Crippen LogP contribution < -0.4 is 16.0 Å². The maximum absolute atomic E-state index is 11.5. The zero-order chi connectivity index (χ0) is 15.0. The van der Waals surface area contributed by atoms with Gasteiger partial charge in [-0.3, -0.25) is 9.79 Å². The first-order chi connectivity index (χ1) is 9.46. The Labute approximate surface area is 149 Å². The number of carbonyl (C=O) groups is 1. The number of thioether (sulfide) groups is 1. The molecule has 0 aromatic rings. The van der Waals surface area contributed by atoms with Crippen molar-refractivity contribution in [3.8, 4) is 0 Å². The van der Waals surface area contributed by atoms with Gasteiger partial charge in [0, 0.05) is 37.3 Å². The summed E-state index contributed by atoms with van der Waals surface area (Å²) in [6, 6.07) is 0.457. The molecule has 3 N–H and O–H groups in total. The second-order valence-corrected chi connectivity index (χ2v) is 7.28. The van der Waals surface area contributed by atoms with Crippen LogP contribution in [-0.2, 0) is 4.79 Å². The molecule has 1 aliphatic rings. The van der Waals surface area contributed by atoms with Crippen LogP contribution in [0.5, 0.6) is 0 Å². The summed E-state index contributed by atoms with van der Waals surface area (Å²) in [6.07, 6.45) is 5.80. The van der Waals surface area contributed by atoms with Crippen LogP contribution in [0.15, 0.2) is 4.99 Å². The van der Waals surface area contributed by atoms with E-state index in [4.69, 9.17) is 0 Å². The van der Waals surface area contributed by atoms with Crippen molar-refractivity contribution in [3.05, 3.63) is 0 Å². The van der Waals surface area contributed by atoms with E-state index in [1.165, 1.54) is 0 Å². The van der Waals surface area contributed by atoms with Crippen molar-refractivity contribution in [3.63, 3.8) is 0 Å². The molecule has 0 aliphatic heterocycles. The highest BCUT2D eigenvalue weighted by Crippen LogP contribution is 2.19. The summed E-state index contributed by atoms with van der Waals surface area (Å²) in [5.41, 5.74) is 0. The fraction of sp³-hybridized carbons (Fsp3) is 0.857. The standard InChI is InChI=1S/C14H28N4OS.HI/c1-14(2,20-4)10-17-13(15-3)16-9-5-6-12(19)18-11-7-8-11;/h11H,5-10H2,1-4H3,(H,18,19)(H2,15,16,17);1H. The van der Waals surface area contributed by atoms with E-state index in [0.717, 1.165) is 38.3 Å². The first-order valence-corrected chi connectivity index (χ1v) is 8.48. The molecular formula is C14H29IN4OS. The highest BCUT2D eigenvalue weighted by molar-refractivity contribution is 14.0. The number of halogens is 1. The summed E-state index contributed by atoms with van der Waals surface area (Å²) >= 11 is 1.83. The van der Waals surface area contributed by atoms with Crippen molar-refractivity contribution in [2.45, 2.75) is 50.3 Å². The van der Waals surface area contributed by atoms with E-state index in [1.807, 2.05) is 11.8 Å². The van der Waals surface area contributed by atoms with Gasteiger partial charge in [-0.05, 0) is 39.4 Å².